The lowest BCUT2D eigenvalue weighted by Crippen LogP contribution is -2.14. The minimum Gasteiger partial charge on any atom is -0.419 e. The molecule has 0 bridgehead atoms. The maximum atomic E-state index is 11.7. The van der Waals surface area contributed by atoms with Crippen LogP contribution in [0.5, 0.6) is 0 Å². The van der Waals surface area contributed by atoms with Crippen molar-refractivity contribution in [2.24, 2.45) is 16.5 Å². The van der Waals surface area contributed by atoms with Crippen LogP contribution in [0.15, 0.2) is 35.5 Å². The summed E-state index contributed by atoms with van der Waals surface area (Å²) in [7, 11) is 0. The van der Waals surface area contributed by atoms with E-state index in [2.05, 4.69) is 19.7 Å². The number of aliphatic imine (C=N–C) groups is 1. The fourth-order valence-electron chi connectivity index (χ4n) is 0.796. The summed E-state index contributed by atoms with van der Waals surface area (Å²) in [4.78, 5) is 11.3. The Labute approximate surface area is 89.7 Å². The molecule has 0 aliphatic carbocycles. The number of amidine groups is 1. The van der Waals surface area contributed by atoms with E-state index < -0.39 is 12.5 Å². The van der Waals surface area contributed by atoms with Crippen LogP contribution in [0.2, 0.25) is 0 Å². The van der Waals surface area contributed by atoms with Crippen LogP contribution in [-0.2, 0) is 4.74 Å². The molecule has 6 nitrogen and oxygen atoms in total. The van der Waals surface area contributed by atoms with Crippen LogP contribution in [0.25, 0.3) is 0 Å². The summed E-state index contributed by atoms with van der Waals surface area (Å²) < 4.78 is 27.3. The molecule has 0 atom stereocenters. The van der Waals surface area contributed by atoms with Gasteiger partial charge < -0.3 is 16.2 Å². The van der Waals surface area contributed by atoms with Crippen molar-refractivity contribution >= 4 is 11.7 Å². The lowest BCUT2D eigenvalue weighted by Gasteiger charge is -2.02. The topological polar surface area (TPSA) is 99.4 Å². The predicted molar refractivity (Wildman–Crippen MR) is 52.7 cm³/mol. The first-order valence-electron chi connectivity index (χ1n) is 4.10. The van der Waals surface area contributed by atoms with Crippen LogP contribution in [0.3, 0.4) is 0 Å². The molecule has 0 amide bonds. The van der Waals surface area contributed by atoms with Crippen LogP contribution in [0.1, 0.15) is 0 Å². The quantitative estimate of drug-likeness (QED) is 0.445. The van der Waals surface area contributed by atoms with Gasteiger partial charge in [-0.1, -0.05) is 0 Å². The van der Waals surface area contributed by atoms with Gasteiger partial charge in [-0.25, -0.2) is 9.98 Å². The molecule has 0 unspecified atom stereocenters. The maximum Gasteiger partial charge on any atom is 0.388 e. The zero-order valence-corrected chi connectivity index (χ0v) is 8.05. The van der Waals surface area contributed by atoms with Gasteiger partial charge in [0.1, 0.15) is 5.84 Å². The summed E-state index contributed by atoms with van der Waals surface area (Å²) >= 11 is 0. The lowest BCUT2D eigenvalue weighted by atomic mass is 10.5. The van der Waals surface area contributed by atoms with Crippen molar-refractivity contribution in [3.63, 3.8) is 0 Å². The fraction of sp³-hybridized carbons (Fsp3) is 0.125. The van der Waals surface area contributed by atoms with Crippen LogP contribution in [0.4, 0.5) is 14.6 Å². The molecular weight excluding hydrogens is 220 g/mol. The Morgan fingerprint density at radius 1 is 1.44 bits per heavy atom. The molecular formula is C8H9F2N5O. The molecule has 0 aliphatic rings. The first kappa shape index (κ1) is 11.8. The molecule has 8 heteroatoms. The minimum absolute atomic E-state index is 0.112. The normalized spacial score (nSPS) is 12.9. The molecule has 0 radical (unpaired) electrons. The van der Waals surface area contributed by atoms with Gasteiger partial charge in [0.25, 0.3) is 0 Å². The number of hydrogen-bond acceptors (Lipinski definition) is 5. The smallest absolute Gasteiger partial charge is 0.388 e. The fourth-order valence-corrected chi connectivity index (χ4v) is 0.796. The van der Waals surface area contributed by atoms with Gasteiger partial charge in [0.05, 0.1) is 6.20 Å². The highest BCUT2D eigenvalue weighted by atomic mass is 19.3. The third-order valence-electron chi connectivity index (χ3n) is 1.31. The van der Waals surface area contributed by atoms with E-state index in [0.717, 1.165) is 6.08 Å². The number of aromatic nitrogens is 2. The zero-order valence-electron chi connectivity index (χ0n) is 8.05. The SMILES string of the molecule is NC(/C=C(\N)OC(F)F)=Nc1cnccn1. The van der Waals surface area contributed by atoms with Crippen molar-refractivity contribution in [1.29, 1.82) is 0 Å². The summed E-state index contributed by atoms with van der Waals surface area (Å²) in [6, 6.07) is 0. The van der Waals surface area contributed by atoms with E-state index in [0.29, 0.717) is 0 Å². The van der Waals surface area contributed by atoms with Gasteiger partial charge in [-0.3, -0.25) is 4.98 Å². The van der Waals surface area contributed by atoms with Crippen molar-refractivity contribution in [3.8, 4) is 0 Å². The largest absolute Gasteiger partial charge is 0.419 e. The molecule has 0 saturated carbocycles. The average Bonchev–Trinajstić information content (AvgIpc) is 2.17. The standard InChI is InChI=1S/C8H9F2N5O/c9-8(10)16-6(12)3-5(11)15-7-4-13-1-2-14-7/h1-4,8H,12H2,(H2,11,14,15)/b6-3+. The first-order chi connectivity index (χ1) is 7.58. The summed E-state index contributed by atoms with van der Waals surface area (Å²) in [6.07, 6.45) is 5.18. The molecule has 0 aromatic carbocycles. The second kappa shape index (κ2) is 5.59. The highest BCUT2D eigenvalue weighted by Gasteiger charge is 2.03. The van der Waals surface area contributed by atoms with Crippen molar-refractivity contribution in [2.75, 3.05) is 0 Å². The van der Waals surface area contributed by atoms with Crippen LogP contribution >= 0.6 is 0 Å². The van der Waals surface area contributed by atoms with Crippen molar-refractivity contribution in [1.82, 2.24) is 9.97 Å². The van der Waals surface area contributed by atoms with Gasteiger partial charge in [0.15, 0.2) is 11.7 Å². The summed E-state index contributed by atoms with van der Waals surface area (Å²) in [5.41, 5.74) is 10.5. The lowest BCUT2D eigenvalue weighted by molar-refractivity contribution is -0.0966. The van der Waals surface area contributed by atoms with E-state index in [1.54, 1.807) is 0 Å². The van der Waals surface area contributed by atoms with E-state index in [4.69, 9.17) is 11.5 Å². The Morgan fingerprint density at radius 3 is 2.75 bits per heavy atom. The number of alkyl halides is 2. The Bertz CT molecular complexity index is 393. The molecule has 1 aromatic rings. The number of nitrogens with zero attached hydrogens (tertiary/aromatic N) is 3. The molecule has 0 spiro atoms. The Kier molecular flexibility index (Phi) is 4.13. The van der Waals surface area contributed by atoms with Gasteiger partial charge >= 0.3 is 6.61 Å². The number of nitrogens with two attached hydrogens (primary N) is 2. The summed E-state index contributed by atoms with van der Waals surface area (Å²) in [5.74, 6) is -0.403. The summed E-state index contributed by atoms with van der Waals surface area (Å²) in [5, 5.41) is 0. The molecule has 86 valence electrons. The molecule has 1 heterocycles. The van der Waals surface area contributed by atoms with E-state index in [9.17, 15) is 8.78 Å². The van der Waals surface area contributed by atoms with E-state index in [-0.39, 0.29) is 11.7 Å². The maximum absolute atomic E-state index is 11.7. The molecule has 1 aromatic heterocycles. The molecule has 0 fully saturated rings. The Balaban J connectivity index is 2.71. The highest BCUT2D eigenvalue weighted by molar-refractivity contribution is 5.93. The average molecular weight is 229 g/mol. The number of halogens is 2. The number of hydrogen-bond donors (Lipinski definition) is 2. The molecule has 0 saturated heterocycles. The molecule has 16 heavy (non-hydrogen) atoms. The van der Waals surface area contributed by atoms with Gasteiger partial charge in [0, 0.05) is 18.5 Å². The number of rotatable bonds is 4. The third-order valence-corrected chi connectivity index (χ3v) is 1.31. The summed E-state index contributed by atoms with van der Waals surface area (Å²) in [6.45, 7) is -3.00. The van der Waals surface area contributed by atoms with E-state index >= 15 is 0 Å². The van der Waals surface area contributed by atoms with Crippen LogP contribution in [0, 0.1) is 0 Å². The van der Waals surface area contributed by atoms with Gasteiger partial charge in [-0.05, 0) is 0 Å². The zero-order chi connectivity index (χ0) is 12.0. The highest BCUT2D eigenvalue weighted by Crippen LogP contribution is 2.04. The van der Waals surface area contributed by atoms with Gasteiger partial charge in [0.2, 0.25) is 0 Å². The second-order valence-corrected chi connectivity index (χ2v) is 2.53. The van der Waals surface area contributed by atoms with Crippen molar-refractivity contribution in [3.05, 3.63) is 30.5 Å². The first-order valence-corrected chi connectivity index (χ1v) is 4.10. The minimum atomic E-state index is -3.00. The molecule has 4 N–H and O–H groups in total. The monoisotopic (exact) mass is 229 g/mol. The second-order valence-electron chi connectivity index (χ2n) is 2.53. The molecule has 1 rings (SSSR count). The van der Waals surface area contributed by atoms with E-state index in [1.165, 1.54) is 18.6 Å². The predicted octanol–water partition coefficient (Wildman–Crippen LogP) is 0.505. The van der Waals surface area contributed by atoms with Crippen molar-refractivity contribution < 1.29 is 13.5 Å². The Morgan fingerprint density at radius 2 is 2.19 bits per heavy atom. The third kappa shape index (κ3) is 4.31. The van der Waals surface area contributed by atoms with Crippen LogP contribution < -0.4 is 11.5 Å². The van der Waals surface area contributed by atoms with Crippen LogP contribution in [-0.4, -0.2) is 22.4 Å². The number of ether oxygens (including phenoxy) is 1. The molecule has 0 aliphatic heterocycles. The van der Waals surface area contributed by atoms with Gasteiger partial charge in [-0.2, -0.15) is 8.78 Å². The van der Waals surface area contributed by atoms with Gasteiger partial charge in [-0.15, -0.1) is 0 Å². The van der Waals surface area contributed by atoms with E-state index in [1.807, 2.05) is 0 Å². The van der Waals surface area contributed by atoms with Crippen molar-refractivity contribution in [2.45, 2.75) is 6.61 Å². The Hall–Kier alpha value is -2.25.